The molecule has 1 aromatic carbocycles. The molecule has 19 heavy (non-hydrogen) atoms. The Labute approximate surface area is 114 Å². The van der Waals surface area contributed by atoms with Crippen LogP contribution in [0.4, 0.5) is 0 Å². The normalized spacial score (nSPS) is 19.7. The highest BCUT2D eigenvalue weighted by Gasteiger charge is 2.22. The summed E-state index contributed by atoms with van der Waals surface area (Å²) in [5, 5.41) is 3.05. The minimum atomic E-state index is -0.404. The van der Waals surface area contributed by atoms with Crippen molar-refractivity contribution in [3.8, 4) is 0 Å². The Hall–Kier alpha value is -1.39. The highest BCUT2D eigenvalue weighted by Crippen LogP contribution is 2.32. The van der Waals surface area contributed by atoms with E-state index in [9.17, 15) is 4.79 Å². The molecule has 0 bridgehead atoms. The molecule has 2 unspecified atom stereocenters. The molecule has 0 radical (unpaired) electrons. The van der Waals surface area contributed by atoms with E-state index < -0.39 is 6.04 Å². The van der Waals surface area contributed by atoms with Gasteiger partial charge in [0.1, 0.15) is 6.04 Å². The number of fused-ring (bicyclic) bond motifs is 1. The van der Waals surface area contributed by atoms with Crippen LogP contribution in [-0.4, -0.2) is 25.1 Å². The van der Waals surface area contributed by atoms with E-state index in [0.717, 1.165) is 19.3 Å². The minimum Gasteiger partial charge on any atom is -0.371 e. The zero-order chi connectivity index (χ0) is 13.7. The third-order valence-corrected chi connectivity index (χ3v) is 3.57. The first kappa shape index (κ1) is 14.0. The van der Waals surface area contributed by atoms with Crippen LogP contribution in [0, 0.1) is 0 Å². The van der Waals surface area contributed by atoms with E-state index >= 15 is 0 Å². The van der Waals surface area contributed by atoms with Gasteiger partial charge >= 0.3 is 0 Å². The van der Waals surface area contributed by atoms with Crippen LogP contribution < -0.4 is 11.1 Å². The summed E-state index contributed by atoms with van der Waals surface area (Å²) in [4.78, 5) is 11.3. The average Bonchev–Trinajstić information content (AvgIpc) is 2.43. The lowest BCUT2D eigenvalue weighted by molar-refractivity contribution is -0.122. The molecule has 1 amide bonds. The van der Waals surface area contributed by atoms with Crippen LogP contribution >= 0.6 is 0 Å². The fourth-order valence-corrected chi connectivity index (χ4v) is 2.58. The zero-order valence-electron chi connectivity index (χ0n) is 11.4. The number of hydrogen-bond donors (Lipinski definition) is 2. The molecule has 0 fully saturated rings. The molecule has 0 heterocycles. The molecule has 0 aromatic heterocycles. The predicted octanol–water partition coefficient (Wildman–Crippen LogP) is 1.54. The lowest BCUT2D eigenvalue weighted by atomic mass is 9.89. The van der Waals surface area contributed by atoms with E-state index in [1.54, 1.807) is 0 Å². The summed E-state index contributed by atoms with van der Waals surface area (Å²) in [6.07, 6.45) is 3.34. The Morgan fingerprint density at radius 3 is 3.05 bits per heavy atom. The molecule has 2 atom stereocenters. The first-order valence-corrected chi connectivity index (χ1v) is 6.94. The van der Waals surface area contributed by atoms with Crippen molar-refractivity contribution in [1.82, 2.24) is 5.32 Å². The van der Waals surface area contributed by atoms with Crippen LogP contribution in [0.25, 0.3) is 0 Å². The number of nitrogens with one attached hydrogen (secondary N) is 1. The smallest absolute Gasteiger partial charge is 0.236 e. The van der Waals surface area contributed by atoms with Gasteiger partial charge in [0.2, 0.25) is 5.91 Å². The second-order valence-electron chi connectivity index (χ2n) is 4.93. The number of benzene rings is 1. The van der Waals surface area contributed by atoms with Gasteiger partial charge in [0.05, 0.1) is 12.7 Å². The number of hydrogen-bond acceptors (Lipinski definition) is 3. The first-order chi connectivity index (χ1) is 9.22. The third kappa shape index (κ3) is 3.55. The number of aryl methyl sites for hydroxylation is 1. The van der Waals surface area contributed by atoms with Gasteiger partial charge < -0.3 is 15.8 Å². The molecule has 4 nitrogen and oxygen atoms in total. The summed E-state index contributed by atoms with van der Waals surface area (Å²) in [7, 11) is 0. The van der Waals surface area contributed by atoms with Crippen molar-refractivity contribution in [2.45, 2.75) is 38.3 Å². The van der Waals surface area contributed by atoms with Crippen molar-refractivity contribution >= 4 is 5.91 Å². The van der Waals surface area contributed by atoms with Crippen molar-refractivity contribution in [3.63, 3.8) is 0 Å². The number of amides is 1. The van der Waals surface area contributed by atoms with Gasteiger partial charge in [-0.2, -0.15) is 0 Å². The van der Waals surface area contributed by atoms with Crippen molar-refractivity contribution in [2.24, 2.45) is 5.73 Å². The summed E-state index contributed by atoms with van der Waals surface area (Å²) >= 11 is 0. The quantitative estimate of drug-likeness (QED) is 0.817. The van der Waals surface area contributed by atoms with E-state index in [2.05, 4.69) is 23.5 Å². The molecule has 3 N–H and O–H groups in total. The van der Waals surface area contributed by atoms with Gasteiger partial charge in [0.15, 0.2) is 0 Å². The molecular weight excluding hydrogens is 240 g/mol. The summed E-state index contributed by atoms with van der Waals surface area (Å²) in [6, 6.07) is 7.97. The Balaban J connectivity index is 1.98. The standard InChI is InChI=1S/C15H22N2O2/c1-2-17-13(15(16)18)10-19-14-9-5-7-11-6-3-4-8-12(11)14/h3-4,6,8,13-14,17H,2,5,7,9-10H2,1H3,(H2,16,18). The van der Waals surface area contributed by atoms with Crippen LogP contribution in [0.2, 0.25) is 0 Å². The number of primary amides is 1. The molecule has 0 saturated heterocycles. The van der Waals surface area contributed by atoms with Crippen molar-refractivity contribution in [1.29, 1.82) is 0 Å². The predicted molar refractivity (Wildman–Crippen MR) is 74.7 cm³/mol. The minimum absolute atomic E-state index is 0.0884. The topological polar surface area (TPSA) is 64.3 Å². The maximum Gasteiger partial charge on any atom is 0.236 e. The summed E-state index contributed by atoms with van der Waals surface area (Å²) in [6.45, 7) is 2.99. The number of ether oxygens (including phenoxy) is 1. The molecule has 1 aliphatic carbocycles. The molecule has 0 aliphatic heterocycles. The molecule has 1 aliphatic rings. The van der Waals surface area contributed by atoms with Gasteiger partial charge in [-0.25, -0.2) is 0 Å². The molecule has 4 heteroatoms. The Kier molecular flexibility index (Phi) is 4.93. The zero-order valence-corrected chi connectivity index (χ0v) is 11.4. The summed E-state index contributed by atoms with van der Waals surface area (Å²) in [5.74, 6) is -0.356. The number of nitrogens with two attached hydrogens (primary N) is 1. The molecule has 104 valence electrons. The largest absolute Gasteiger partial charge is 0.371 e. The summed E-state index contributed by atoms with van der Waals surface area (Å²) in [5.41, 5.74) is 7.97. The fraction of sp³-hybridized carbons (Fsp3) is 0.533. The van der Waals surface area contributed by atoms with E-state index in [1.165, 1.54) is 11.1 Å². The Morgan fingerprint density at radius 2 is 2.32 bits per heavy atom. The fourth-order valence-electron chi connectivity index (χ4n) is 2.58. The highest BCUT2D eigenvalue weighted by molar-refractivity contribution is 5.79. The van der Waals surface area contributed by atoms with Gasteiger partial charge in [-0.3, -0.25) is 4.79 Å². The van der Waals surface area contributed by atoms with E-state index in [0.29, 0.717) is 13.2 Å². The lowest BCUT2D eigenvalue weighted by Crippen LogP contribution is -2.44. The molecular formula is C15H22N2O2. The van der Waals surface area contributed by atoms with E-state index in [-0.39, 0.29) is 12.0 Å². The third-order valence-electron chi connectivity index (χ3n) is 3.57. The molecule has 0 saturated carbocycles. The van der Waals surface area contributed by atoms with Crippen LogP contribution in [0.3, 0.4) is 0 Å². The van der Waals surface area contributed by atoms with Gasteiger partial charge in [0.25, 0.3) is 0 Å². The van der Waals surface area contributed by atoms with E-state index in [1.807, 2.05) is 13.0 Å². The van der Waals surface area contributed by atoms with Gasteiger partial charge in [0, 0.05) is 0 Å². The van der Waals surface area contributed by atoms with E-state index in [4.69, 9.17) is 10.5 Å². The van der Waals surface area contributed by atoms with Gasteiger partial charge in [-0.15, -0.1) is 0 Å². The molecule has 1 aromatic rings. The Bertz CT molecular complexity index is 434. The summed E-state index contributed by atoms with van der Waals surface area (Å²) < 4.78 is 5.92. The van der Waals surface area contributed by atoms with Gasteiger partial charge in [-0.1, -0.05) is 31.2 Å². The highest BCUT2D eigenvalue weighted by atomic mass is 16.5. The number of carbonyl (C=O) groups is 1. The van der Waals surface area contributed by atoms with Gasteiger partial charge in [-0.05, 0) is 36.9 Å². The second-order valence-corrected chi connectivity index (χ2v) is 4.93. The van der Waals surface area contributed by atoms with Crippen molar-refractivity contribution in [3.05, 3.63) is 35.4 Å². The Morgan fingerprint density at radius 1 is 1.53 bits per heavy atom. The number of rotatable bonds is 6. The molecule has 2 rings (SSSR count). The number of carbonyl (C=O) groups excluding carboxylic acids is 1. The van der Waals surface area contributed by atoms with Crippen LogP contribution in [-0.2, 0) is 16.0 Å². The maximum absolute atomic E-state index is 11.3. The lowest BCUT2D eigenvalue weighted by Gasteiger charge is -2.27. The maximum atomic E-state index is 11.3. The van der Waals surface area contributed by atoms with Crippen molar-refractivity contribution < 1.29 is 9.53 Å². The van der Waals surface area contributed by atoms with Crippen LogP contribution in [0.1, 0.15) is 37.0 Å². The monoisotopic (exact) mass is 262 g/mol. The average molecular weight is 262 g/mol. The number of likely N-dealkylation sites (N-methyl/N-ethyl adjacent to an activating group) is 1. The molecule has 0 spiro atoms. The first-order valence-electron chi connectivity index (χ1n) is 6.94. The second kappa shape index (κ2) is 6.68. The SMILES string of the molecule is CCNC(COC1CCCc2ccccc21)C(N)=O. The van der Waals surface area contributed by atoms with Crippen molar-refractivity contribution in [2.75, 3.05) is 13.2 Å². The van der Waals surface area contributed by atoms with Crippen LogP contribution in [0.5, 0.6) is 0 Å². The van der Waals surface area contributed by atoms with Crippen LogP contribution in [0.15, 0.2) is 24.3 Å².